The average Bonchev–Trinajstić information content (AvgIpc) is 3.08. The molecule has 2 aliphatic rings. The lowest BCUT2D eigenvalue weighted by Gasteiger charge is -2.36. The highest BCUT2D eigenvalue weighted by molar-refractivity contribution is 7.92. The number of aliphatic hydroxyl groups excluding tert-OH is 1. The largest absolute Gasteiger partial charge is 0.391 e. The SMILES string of the molecule is CN1CCN(S(=O)(=O)c2ccc(N3CCC(O)C3)cc2)c2ccccc21. The summed E-state index contributed by atoms with van der Waals surface area (Å²) >= 11 is 0. The Morgan fingerprint density at radius 3 is 2.31 bits per heavy atom. The first-order valence-corrected chi connectivity index (χ1v) is 10.3. The fourth-order valence-electron chi connectivity index (χ4n) is 3.66. The summed E-state index contributed by atoms with van der Waals surface area (Å²) < 4.78 is 27.9. The van der Waals surface area contributed by atoms with Crippen molar-refractivity contribution in [3.05, 3.63) is 48.5 Å². The highest BCUT2D eigenvalue weighted by Crippen LogP contribution is 2.35. The molecule has 0 radical (unpaired) electrons. The summed E-state index contributed by atoms with van der Waals surface area (Å²) in [6.07, 6.45) is 0.443. The molecule has 0 aromatic heterocycles. The summed E-state index contributed by atoms with van der Waals surface area (Å²) in [5, 5.41) is 9.68. The second-order valence-electron chi connectivity index (χ2n) is 6.87. The molecule has 0 amide bonds. The average molecular weight is 373 g/mol. The molecule has 1 fully saturated rings. The van der Waals surface area contributed by atoms with E-state index in [1.807, 2.05) is 43.4 Å². The molecule has 138 valence electrons. The number of aliphatic hydroxyl groups is 1. The Morgan fingerprint density at radius 1 is 0.962 bits per heavy atom. The summed E-state index contributed by atoms with van der Waals surface area (Å²) in [6.45, 7) is 2.47. The van der Waals surface area contributed by atoms with Crippen LogP contribution in [0.1, 0.15) is 6.42 Å². The van der Waals surface area contributed by atoms with Crippen LogP contribution >= 0.6 is 0 Å². The summed E-state index contributed by atoms with van der Waals surface area (Å²) in [6, 6.07) is 14.6. The van der Waals surface area contributed by atoms with Gasteiger partial charge in [0.2, 0.25) is 0 Å². The van der Waals surface area contributed by atoms with Gasteiger partial charge in [-0.05, 0) is 42.8 Å². The lowest BCUT2D eigenvalue weighted by molar-refractivity contribution is 0.198. The van der Waals surface area contributed by atoms with E-state index in [1.54, 1.807) is 12.1 Å². The van der Waals surface area contributed by atoms with Gasteiger partial charge in [-0.2, -0.15) is 0 Å². The van der Waals surface area contributed by atoms with Crippen LogP contribution in [-0.4, -0.2) is 52.9 Å². The normalized spacial score (nSPS) is 20.4. The topological polar surface area (TPSA) is 64.1 Å². The third kappa shape index (κ3) is 2.91. The van der Waals surface area contributed by atoms with E-state index >= 15 is 0 Å². The number of likely N-dealkylation sites (N-methyl/N-ethyl adjacent to an activating group) is 1. The van der Waals surface area contributed by atoms with E-state index in [1.165, 1.54) is 4.31 Å². The molecule has 2 heterocycles. The number of rotatable bonds is 3. The molecule has 4 rings (SSSR count). The smallest absolute Gasteiger partial charge is 0.264 e. The van der Waals surface area contributed by atoms with E-state index in [2.05, 4.69) is 9.80 Å². The molecular weight excluding hydrogens is 350 g/mol. The summed E-state index contributed by atoms with van der Waals surface area (Å²) in [5.74, 6) is 0. The fraction of sp³-hybridized carbons (Fsp3) is 0.368. The monoisotopic (exact) mass is 373 g/mol. The van der Waals surface area contributed by atoms with Crippen molar-refractivity contribution in [1.29, 1.82) is 0 Å². The number of β-amino-alcohol motifs (C(OH)–C–C–N with tert-alkyl or cyclic N) is 1. The third-order valence-corrected chi connectivity index (χ3v) is 6.98. The number of hydrogen-bond donors (Lipinski definition) is 1. The van der Waals surface area contributed by atoms with E-state index in [0.29, 0.717) is 30.2 Å². The number of nitrogens with zero attached hydrogens (tertiary/aromatic N) is 3. The molecule has 0 aliphatic carbocycles. The predicted molar refractivity (Wildman–Crippen MR) is 104 cm³/mol. The molecule has 7 heteroatoms. The molecule has 1 atom stereocenters. The number of para-hydroxylation sites is 2. The zero-order valence-corrected chi connectivity index (χ0v) is 15.6. The quantitative estimate of drug-likeness (QED) is 0.890. The standard InChI is InChI=1S/C19H23N3O3S/c1-20-12-13-22(19-5-3-2-4-18(19)20)26(24,25)17-8-6-15(7-9-17)21-11-10-16(23)14-21/h2-9,16,23H,10-14H2,1H3. The minimum absolute atomic E-state index is 0.292. The maximum absolute atomic E-state index is 13.2. The van der Waals surface area contributed by atoms with Crippen molar-refractivity contribution in [2.24, 2.45) is 0 Å². The molecule has 0 bridgehead atoms. The number of hydrogen-bond acceptors (Lipinski definition) is 5. The zero-order valence-electron chi connectivity index (χ0n) is 14.7. The van der Waals surface area contributed by atoms with Gasteiger partial charge in [0.25, 0.3) is 10.0 Å². The van der Waals surface area contributed by atoms with Crippen LogP contribution in [0.25, 0.3) is 0 Å². The molecule has 1 N–H and O–H groups in total. The van der Waals surface area contributed by atoms with Gasteiger partial charge < -0.3 is 14.9 Å². The van der Waals surface area contributed by atoms with Crippen LogP contribution in [0.15, 0.2) is 53.4 Å². The van der Waals surface area contributed by atoms with Crippen molar-refractivity contribution in [3.8, 4) is 0 Å². The maximum atomic E-state index is 13.2. The molecule has 0 saturated carbocycles. The summed E-state index contributed by atoms with van der Waals surface area (Å²) in [5.41, 5.74) is 2.58. The Labute approximate surface area is 154 Å². The van der Waals surface area contributed by atoms with Crippen LogP contribution in [0.2, 0.25) is 0 Å². The van der Waals surface area contributed by atoms with Crippen LogP contribution in [0.4, 0.5) is 17.1 Å². The van der Waals surface area contributed by atoms with Crippen molar-refractivity contribution in [1.82, 2.24) is 0 Å². The van der Waals surface area contributed by atoms with Gasteiger partial charge in [0.05, 0.1) is 28.9 Å². The van der Waals surface area contributed by atoms with E-state index < -0.39 is 10.0 Å². The van der Waals surface area contributed by atoms with Crippen LogP contribution in [0.5, 0.6) is 0 Å². The molecule has 2 aromatic carbocycles. The molecule has 6 nitrogen and oxygen atoms in total. The predicted octanol–water partition coefficient (Wildman–Crippen LogP) is 1.90. The van der Waals surface area contributed by atoms with Gasteiger partial charge in [-0.15, -0.1) is 0 Å². The van der Waals surface area contributed by atoms with E-state index in [0.717, 1.165) is 24.3 Å². The van der Waals surface area contributed by atoms with E-state index in [9.17, 15) is 13.5 Å². The molecule has 0 spiro atoms. The van der Waals surface area contributed by atoms with E-state index in [4.69, 9.17) is 0 Å². The lowest BCUT2D eigenvalue weighted by Crippen LogP contribution is -2.42. The van der Waals surface area contributed by atoms with Crippen LogP contribution in [0, 0.1) is 0 Å². The van der Waals surface area contributed by atoms with Gasteiger partial charge in [0.1, 0.15) is 0 Å². The number of benzene rings is 2. The first-order chi connectivity index (χ1) is 12.5. The van der Waals surface area contributed by atoms with Crippen LogP contribution in [-0.2, 0) is 10.0 Å². The maximum Gasteiger partial charge on any atom is 0.264 e. The Hall–Kier alpha value is -2.25. The van der Waals surface area contributed by atoms with Crippen molar-refractivity contribution in [3.63, 3.8) is 0 Å². The van der Waals surface area contributed by atoms with Gasteiger partial charge in [0.15, 0.2) is 0 Å². The molecular formula is C19H23N3O3S. The lowest BCUT2D eigenvalue weighted by atomic mass is 10.2. The van der Waals surface area contributed by atoms with Crippen LogP contribution in [0.3, 0.4) is 0 Å². The van der Waals surface area contributed by atoms with Crippen molar-refractivity contribution in [2.45, 2.75) is 17.4 Å². The Balaban J connectivity index is 1.64. The van der Waals surface area contributed by atoms with Gasteiger partial charge in [-0.1, -0.05) is 12.1 Å². The highest BCUT2D eigenvalue weighted by Gasteiger charge is 2.31. The molecule has 2 aliphatic heterocycles. The third-order valence-electron chi connectivity index (χ3n) is 5.15. The molecule has 1 saturated heterocycles. The second-order valence-corrected chi connectivity index (χ2v) is 8.73. The highest BCUT2D eigenvalue weighted by atomic mass is 32.2. The minimum Gasteiger partial charge on any atom is -0.391 e. The minimum atomic E-state index is -3.61. The van der Waals surface area contributed by atoms with E-state index in [-0.39, 0.29) is 6.10 Å². The number of sulfonamides is 1. The van der Waals surface area contributed by atoms with Crippen molar-refractivity contribution < 1.29 is 13.5 Å². The van der Waals surface area contributed by atoms with Crippen molar-refractivity contribution in [2.75, 3.05) is 47.3 Å². The molecule has 2 aromatic rings. The zero-order chi connectivity index (χ0) is 18.3. The molecule has 1 unspecified atom stereocenters. The van der Waals surface area contributed by atoms with Gasteiger partial charge in [-0.25, -0.2) is 8.42 Å². The second kappa shape index (κ2) is 6.48. The molecule has 26 heavy (non-hydrogen) atoms. The first-order valence-electron chi connectivity index (χ1n) is 8.83. The van der Waals surface area contributed by atoms with Crippen LogP contribution < -0.4 is 14.1 Å². The first kappa shape index (κ1) is 17.2. The van der Waals surface area contributed by atoms with Gasteiger partial charge >= 0.3 is 0 Å². The van der Waals surface area contributed by atoms with Crippen molar-refractivity contribution >= 4 is 27.1 Å². The van der Waals surface area contributed by atoms with Gasteiger partial charge in [-0.3, -0.25) is 4.31 Å². The number of fused-ring (bicyclic) bond motifs is 1. The Bertz CT molecular complexity index is 899. The summed E-state index contributed by atoms with van der Waals surface area (Å²) in [4.78, 5) is 4.44. The fourth-order valence-corrected chi connectivity index (χ4v) is 5.13. The van der Waals surface area contributed by atoms with Gasteiger partial charge in [0, 0.05) is 32.4 Å². The summed E-state index contributed by atoms with van der Waals surface area (Å²) in [7, 11) is -1.64. The Morgan fingerprint density at radius 2 is 1.65 bits per heavy atom. The number of anilines is 3. The Kier molecular flexibility index (Phi) is 4.28.